The van der Waals surface area contributed by atoms with Crippen LogP contribution >= 0.6 is 0 Å². The second-order valence-electron chi connectivity index (χ2n) is 4.42. The molecule has 0 atom stereocenters. The van der Waals surface area contributed by atoms with E-state index in [-0.39, 0.29) is 5.78 Å². The number of nitrogens with zero attached hydrogens (tertiary/aromatic N) is 5. The number of Topliss-reactive ketones (excluding diaryl/α,β-unsaturated/α-hetero) is 1. The quantitative estimate of drug-likeness (QED) is 0.680. The Bertz CT molecular complexity index is 766. The molecule has 100 valence electrons. The zero-order valence-electron chi connectivity index (χ0n) is 11.2. The van der Waals surface area contributed by atoms with Crippen LogP contribution in [0.25, 0.3) is 5.65 Å². The average Bonchev–Trinajstić information content (AvgIpc) is 2.91. The summed E-state index contributed by atoms with van der Waals surface area (Å²) in [6.07, 6.45) is 2.97. The number of carbonyl (C=O) groups excluding carboxylic acids is 1. The zero-order valence-corrected chi connectivity index (χ0v) is 11.2. The van der Waals surface area contributed by atoms with Crippen molar-refractivity contribution in [2.75, 3.05) is 11.9 Å². The molecule has 0 N–H and O–H groups in total. The number of para-hydroxylation sites is 1. The third kappa shape index (κ3) is 1.91. The number of aromatic nitrogens is 4. The molecule has 20 heavy (non-hydrogen) atoms. The Morgan fingerprint density at radius 2 is 1.95 bits per heavy atom. The summed E-state index contributed by atoms with van der Waals surface area (Å²) in [5.74, 6) is 0.542. The van der Waals surface area contributed by atoms with Crippen LogP contribution in [0, 0.1) is 0 Å². The van der Waals surface area contributed by atoms with Crippen LogP contribution in [0.3, 0.4) is 0 Å². The lowest BCUT2D eigenvalue weighted by Gasteiger charge is -2.18. The van der Waals surface area contributed by atoms with E-state index in [4.69, 9.17) is 0 Å². The van der Waals surface area contributed by atoms with Crippen LogP contribution in [0.2, 0.25) is 0 Å². The summed E-state index contributed by atoms with van der Waals surface area (Å²) >= 11 is 0. The molecule has 2 heterocycles. The highest BCUT2D eigenvalue weighted by Crippen LogP contribution is 2.21. The predicted octanol–water partition coefficient (Wildman–Crippen LogP) is 2.09. The lowest BCUT2D eigenvalue weighted by atomic mass is 10.2. The number of hydrogen-bond donors (Lipinski definition) is 0. The fourth-order valence-electron chi connectivity index (χ4n) is 2.05. The summed E-state index contributed by atoms with van der Waals surface area (Å²) < 4.78 is 1.57. The first-order chi connectivity index (χ1) is 9.68. The molecule has 0 aliphatic heterocycles. The molecule has 3 aromatic rings. The first-order valence-corrected chi connectivity index (χ1v) is 6.17. The topological polar surface area (TPSA) is 63.4 Å². The first kappa shape index (κ1) is 12.3. The summed E-state index contributed by atoms with van der Waals surface area (Å²) in [5.41, 5.74) is 1.99. The Kier molecular flexibility index (Phi) is 2.90. The van der Waals surface area contributed by atoms with Gasteiger partial charge in [-0.25, -0.2) is 9.97 Å². The Balaban J connectivity index is 2.15. The van der Waals surface area contributed by atoms with Crippen molar-refractivity contribution in [3.8, 4) is 0 Å². The van der Waals surface area contributed by atoms with Crippen LogP contribution in [0.1, 0.15) is 17.3 Å². The van der Waals surface area contributed by atoms with Crippen LogP contribution in [0.4, 0.5) is 11.6 Å². The largest absolute Gasteiger partial charge is 0.313 e. The summed E-state index contributed by atoms with van der Waals surface area (Å²) in [5, 5.41) is 4.22. The molecule has 0 amide bonds. The average molecular weight is 267 g/mol. The molecular formula is C14H13N5O. The number of rotatable bonds is 3. The first-order valence-electron chi connectivity index (χ1n) is 6.17. The third-order valence-corrected chi connectivity index (χ3v) is 3.11. The Labute approximate surface area is 115 Å². The second-order valence-corrected chi connectivity index (χ2v) is 4.42. The molecule has 0 saturated heterocycles. The summed E-state index contributed by atoms with van der Waals surface area (Å²) in [4.78, 5) is 21.8. The molecular weight excluding hydrogens is 254 g/mol. The van der Waals surface area contributed by atoms with Gasteiger partial charge in [-0.05, 0) is 19.1 Å². The van der Waals surface area contributed by atoms with Crippen LogP contribution in [-0.4, -0.2) is 32.4 Å². The molecule has 6 nitrogen and oxygen atoms in total. The monoisotopic (exact) mass is 267 g/mol. The lowest BCUT2D eigenvalue weighted by Crippen LogP contribution is -2.16. The minimum absolute atomic E-state index is 0.0629. The van der Waals surface area contributed by atoms with Crippen LogP contribution < -0.4 is 4.90 Å². The zero-order chi connectivity index (χ0) is 14.1. The van der Waals surface area contributed by atoms with Crippen molar-refractivity contribution >= 4 is 23.1 Å². The maximum atomic E-state index is 11.5. The van der Waals surface area contributed by atoms with Gasteiger partial charge in [0.05, 0.1) is 11.8 Å². The van der Waals surface area contributed by atoms with Crippen molar-refractivity contribution in [3.05, 3.63) is 48.4 Å². The van der Waals surface area contributed by atoms with E-state index >= 15 is 0 Å². The number of hydrogen-bond acceptors (Lipinski definition) is 5. The Morgan fingerprint density at radius 3 is 2.65 bits per heavy atom. The van der Waals surface area contributed by atoms with Crippen molar-refractivity contribution in [1.82, 2.24) is 19.6 Å². The van der Waals surface area contributed by atoms with Crippen molar-refractivity contribution in [2.24, 2.45) is 0 Å². The van der Waals surface area contributed by atoms with E-state index in [9.17, 15) is 4.79 Å². The van der Waals surface area contributed by atoms with Gasteiger partial charge in [0.25, 0.3) is 0 Å². The van der Waals surface area contributed by atoms with Crippen LogP contribution in [0.5, 0.6) is 0 Å². The van der Waals surface area contributed by atoms with E-state index in [2.05, 4.69) is 15.1 Å². The smallest absolute Gasteiger partial charge is 0.234 e. The number of benzene rings is 1. The molecule has 2 aromatic heterocycles. The fraction of sp³-hybridized carbons (Fsp3) is 0.143. The van der Waals surface area contributed by atoms with Gasteiger partial charge in [-0.2, -0.15) is 9.61 Å². The molecule has 0 unspecified atom stereocenters. The van der Waals surface area contributed by atoms with Gasteiger partial charge in [0, 0.05) is 12.7 Å². The van der Waals surface area contributed by atoms with Gasteiger partial charge < -0.3 is 4.90 Å². The summed E-state index contributed by atoms with van der Waals surface area (Å²) in [6, 6.07) is 9.81. The Hall–Kier alpha value is -2.76. The van der Waals surface area contributed by atoms with E-state index in [1.54, 1.807) is 4.52 Å². The minimum Gasteiger partial charge on any atom is -0.313 e. The van der Waals surface area contributed by atoms with E-state index in [1.807, 2.05) is 42.3 Å². The summed E-state index contributed by atoms with van der Waals surface area (Å²) in [6.45, 7) is 1.50. The predicted molar refractivity (Wildman–Crippen MR) is 75.3 cm³/mol. The van der Waals surface area contributed by atoms with Crippen molar-refractivity contribution in [2.45, 2.75) is 6.92 Å². The summed E-state index contributed by atoms with van der Waals surface area (Å²) in [7, 11) is 1.90. The molecule has 0 aliphatic rings. The van der Waals surface area contributed by atoms with Gasteiger partial charge in [0.2, 0.25) is 5.95 Å². The van der Waals surface area contributed by atoms with E-state index < -0.39 is 0 Å². The van der Waals surface area contributed by atoms with Crippen LogP contribution in [0.15, 0.2) is 42.9 Å². The maximum absolute atomic E-state index is 11.5. The maximum Gasteiger partial charge on any atom is 0.234 e. The van der Waals surface area contributed by atoms with Gasteiger partial charge in [-0.15, -0.1) is 0 Å². The Morgan fingerprint density at radius 1 is 1.20 bits per heavy atom. The molecule has 6 heteroatoms. The molecule has 0 aliphatic carbocycles. The van der Waals surface area contributed by atoms with Gasteiger partial charge in [0.1, 0.15) is 6.33 Å². The third-order valence-electron chi connectivity index (χ3n) is 3.11. The van der Waals surface area contributed by atoms with Crippen molar-refractivity contribution in [1.29, 1.82) is 0 Å². The molecule has 0 radical (unpaired) electrons. The minimum atomic E-state index is -0.0629. The van der Waals surface area contributed by atoms with E-state index in [0.717, 1.165) is 5.69 Å². The lowest BCUT2D eigenvalue weighted by molar-refractivity contribution is 0.101. The molecule has 0 bridgehead atoms. The van der Waals surface area contributed by atoms with Crippen molar-refractivity contribution in [3.63, 3.8) is 0 Å². The van der Waals surface area contributed by atoms with Crippen molar-refractivity contribution < 1.29 is 4.79 Å². The van der Waals surface area contributed by atoms with E-state index in [0.29, 0.717) is 17.2 Å². The fourth-order valence-corrected chi connectivity index (χ4v) is 2.05. The number of ketones is 1. The highest BCUT2D eigenvalue weighted by Gasteiger charge is 2.15. The van der Waals surface area contributed by atoms with Gasteiger partial charge in [0.15, 0.2) is 11.4 Å². The van der Waals surface area contributed by atoms with Gasteiger partial charge in [-0.1, -0.05) is 18.2 Å². The molecule has 0 spiro atoms. The SMILES string of the molecule is CC(=O)c1cnn2c(N(C)c3ccccc3)ncnc12. The second kappa shape index (κ2) is 4.73. The normalized spacial score (nSPS) is 10.7. The standard InChI is InChI=1S/C14H13N5O/c1-10(20)12-8-17-19-13(12)15-9-16-14(19)18(2)11-6-4-3-5-7-11/h3-9H,1-2H3. The number of anilines is 2. The molecule has 0 fully saturated rings. The van der Waals surface area contributed by atoms with Gasteiger partial charge in [-0.3, -0.25) is 4.79 Å². The number of fused-ring (bicyclic) bond motifs is 1. The van der Waals surface area contributed by atoms with Gasteiger partial charge >= 0.3 is 0 Å². The molecule has 1 aromatic carbocycles. The molecule has 3 rings (SSSR count). The van der Waals surface area contributed by atoms with E-state index in [1.165, 1.54) is 19.4 Å². The van der Waals surface area contributed by atoms with Crippen LogP contribution in [-0.2, 0) is 0 Å². The number of carbonyl (C=O) groups is 1. The molecule has 0 saturated carbocycles. The highest BCUT2D eigenvalue weighted by molar-refractivity contribution is 5.99. The highest BCUT2D eigenvalue weighted by atomic mass is 16.1.